The number of hydrogen-bond acceptors (Lipinski definition) is 4. The van der Waals surface area contributed by atoms with Gasteiger partial charge in [0.2, 0.25) is 0 Å². The summed E-state index contributed by atoms with van der Waals surface area (Å²) in [5, 5.41) is 0.709. The van der Waals surface area contributed by atoms with E-state index in [1.807, 2.05) is 18.5 Å². The largest absolute Gasteiger partial charge is 0.378 e. The number of halogens is 1. The number of benzene rings is 4. The van der Waals surface area contributed by atoms with E-state index in [1.54, 1.807) is 0 Å². The molecule has 5 heteroatoms. The fourth-order valence-corrected chi connectivity index (χ4v) is 5.20. The summed E-state index contributed by atoms with van der Waals surface area (Å²) in [6.45, 7) is 2.13. The second-order valence-corrected chi connectivity index (χ2v) is 10.1. The Kier molecular flexibility index (Phi) is 6.23. The molecule has 0 atom stereocenters. The normalized spacial score (nSPS) is 13.9. The number of fused-ring (bicyclic) bond motifs is 1. The summed E-state index contributed by atoms with van der Waals surface area (Å²) in [6, 6.07) is 32.2. The van der Waals surface area contributed by atoms with Crippen molar-refractivity contribution in [2.24, 2.45) is 4.99 Å². The Balaban J connectivity index is 1.86. The summed E-state index contributed by atoms with van der Waals surface area (Å²) < 4.78 is 0. The zero-order valence-electron chi connectivity index (χ0n) is 21.4. The lowest BCUT2D eigenvalue weighted by Gasteiger charge is -2.47. The molecule has 1 aliphatic rings. The van der Waals surface area contributed by atoms with E-state index in [1.165, 1.54) is 11.1 Å². The van der Waals surface area contributed by atoms with E-state index in [2.05, 4.69) is 129 Å². The third kappa shape index (κ3) is 3.92. The van der Waals surface area contributed by atoms with E-state index in [-0.39, 0.29) is 0 Å². The van der Waals surface area contributed by atoms with Gasteiger partial charge in [-0.25, -0.2) is 4.99 Å². The first kappa shape index (κ1) is 24.0. The van der Waals surface area contributed by atoms with Crippen molar-refractivity contribution >= 4 is 40.7 Å². The second-order valence-electron chi connectivity index (χ2n) is 9.66. The van der Waals surface area contributed by atoms with Crippen LogP contribution in [0.15, 0.2) is 96.0 Å². The summed E-state index contributed by atoms with van der Waals surface area (Å²) in [5.41, 5.74) is 8.34. The molecule has 0 radical (unpaired) electrons. The van der Waals surface area contributed by atoms with E-state index in [0.29, 0.717) is 5.02 Å². The van der Waals surface area contributed by atoms with Gasteiger partial charge in [0, 0.05) is 55.8 Å². The maximum absolute atomic E-state index is 6.29. The number of anilines is 3. The number of para-hydroxylation sites is 1. The fraction of sp³-hybridized carbons (Fsp3) is 0.194. The molecule has 0 fully saturated rings. The molecule has 0 aliphatic carbocycles. The predicted molar refractivity (Wildman–Crippen MR) is 155 cm³/mol. The lowest BCUT2D eigenvalue weighted by atomic mass is 9.73. The number of nitrogens with zero attached hydrogens (tertiary/aromatic N) is 4. The molecule has 4 aromatic rings. The van der Waals surface area contributed by atoms with Crippen molar-refractivity contribution in [1.29, 1.82) is 0 Å². The highest BCUT2D eigenvalue weighted by Crippen LogP contribution is 2.50. The molecule has 0 N–H and O–H groups in total. The van der Waals surface area contributed by atoms with Crippen LogP contribution in [0.25, 0.3) is 0 Å². The Morgan fingerprint density at radius 3 is 1.72 bits per heavy atom. The van der Waals surface area contributed by atoms with Crippen molar-refractivity contribution in [2.75, 3.05) is 42.9 Å². The molecular formula is C31H31ClN4. The molecule has 4 aromatic carbocycles. The Labute approximate surface area is 219 Å². The molecular weight excluding hydrogens is 464 g/mol. The smallest absolute Gasteiger partial charge is 0.124 e. The van der Waals surface area contributed by atoms with Crippen molar-refractivity contribution in [1.82, 2.24) is 0 Å². The zero-order valence-corrected chi connectivity index (χ0v) is 22.2. The average Bonchev–Trinajstić information content (AvgIpc) is 2.89. The predicted octanol–water partition coefficient (Wildman–Crippen LogP) is 7.25. The molecule has 36 heavy (non-hydrogen) atoms. The first-order valence-corrected chi connectivity index (χ1v) is 12.4. The standard InChI is InChI=1S/C31H31ClN4/c1-22-7-6-8-29-30(22)33-21-36(28-19-13-25(32)14-20-28)31(29,23-9-15-26(16-10-23)34(2)3)24-11-17-27(18-12-24)35(4)5/h6-21H,1-5H3. The number of aliphatic imine (C=N–C) groups is 1. The molecule has 0 amide bonds. The van der Waals surface area contributed by atoms with Crippen LogP contribution < -0.4 is 14.7 Å². The van der Waals surface area contributed by atoms with Crippen LogP contribution in [0.5, 0.6) is 0 Å². The molecule has 0 bridgehead atoms. The van der Waals surface area contributed by atoms with Gasteiger partial charge in [0.15, 0.2) is 0 Å². The van der Waals surface area contributed by atoms with E-state index in [4.69, 9.17) is 16.6 Å². The SMILES string of the molecule is Cc1cccc2c1N=CN(c1ccc(Cl)cc1)C2(c1ccc(N(C)C)cc1)c1ccc(N(C)C)cc1. The number of hydrogen-bond donors (Lipinski definition) is 0. The van der Waals surface area contributed by atoms with Gasteiger partial charge in [-0.2, -0.15) is 0 Å². The van der Waals surface area contributed by atoms with Crippen LogP contribution in [-0.4, -0.2) is 34.5 Å². The third-order valence-corrected chi connectivity index (χ3v) is 7.25. The molecule has 0 saturated heterocycles. The van der Waals surface area contributed by atoms with Gasteiger partial charge in [-0.05, 0) is 72.1 Å². The van der Waals surface area contributed by atoms with E-state index in [9.17, 15) is 0 Å². The molecule has 0 spiro atoms. The fourth-order valence-electron chi connectivity index (χ4n) is 5.07. The van der Waals surface area contributed by atoms with Gasteiger partial charge >= 0.3 is 0 Å². The van der Waals surface area contributed by atoms with Crippen molar-refractivity contribution in [3.05, 3.63) is 118 Å². The van der Waals surface area contributed by atoms with Gasteiger partial charge in [-0.1, -0.05) is 54.1 Å². The minimum Gasteiger partial charge on any atom is -0.378 e. The minimum absolute atomic E-state index is 0.632. The van der Waals surface area contributed by atoms with Gasteiger partial charge in [0.05, 0.1) is 12.0 Å². The second kappa shape index (κ2) is 9.36. The molecule has 0 saturated carbocycles. The van der Waals surface area contributed by atoms with Crippen molar-refractivity contribution in [3.8, 4) is 0 Å². The van der Waals surface area contributed by atoms with E-state index < -0.39 is 5.54 Å². The van der Waals surface area contributed by atoms with E-state index in [0.717, 1.165) is 33.9 Å². The zero-order chi connectivity index (χ0) is 25.4. The van der Waals surface area contributed by atoms with Gasteiger partial charge in [0.1, 0.15) is 5.54 Å². The van der Waals surface area contributed by atoms with Crippen LogP contribution in [0.4, 0.5) is 22.7 Å². The summed E-state index contributed by atoms with van der Waals surface area (Å²) in [4.78, 5) is 11.5. The molecule has 1 aliphatic heterocycles. The Morgan fingerprint density at radius 2 is 1.22 bits per heavy atom. The summed E-state index contributed by atoms with van der Waals surface area (Å²) in [6.07, 6.45) is 1.97. The highest BCUT2D eigenvalue weighted by molar-refractivity contribution is 6.30. The van der Waals surface area contributed by atoms with Crippen LogP contribution in [-0.2, 0) is 5.54 Å². The van der Waals surface area contributed by atoms with Gasteiger partial charge < -0.3 is 14.7 Å². The highest BCUT2D eigenvalue weighted by Gasteiger charge is 2.46. The van der Waals surface area contributed by atoms with Crippen LogP contribution in [0.1, 0.15) is 22.3 Å². The lowest BCUT2D eigenvalue weighted by molar-refractivity contribution is 0.638. The summed E-state index contributed by atoms with van der Waals surface area (Å²) in [7, 11) is 8.26. The molecule has 0 unspecified atom stereocenters. The topological polar surface area (TPSA) is 22.1 Å². The quantitative estimate of drug-likeness (QED) is 0.291. The maximum Gasteiger partial charge on any atom is 0.124 e. The van der Waals surface area contributed by atoms with Crippen LogP contribution in [0.2, 0.25) is 5.02 Å². The first-order valence-electron chi connectivity index (χ1n) is 12.1. The van der Waals surface area contributed by atoms with Gasteiger partial charge in [0.25, 0.3) is 0 Å². The van der Waals surface area contributed by atoms with Crippen molar-refractivity contribution in [2.45, 2.75) is 12.5 Å². The monoisotopic (exact) mass is 494 g/mol. The van der Waals surface area contributed by atoms with Gasteiger partial charge in [-0.3, -0.25) is 0 Å². The number of rotatable bonds is 5. The molecule has 4 nitrogen and oxygen atoms in total. The molecule has 1 heterocycles. The molecule has 0 aromatic heterocycles. The van der Waals surface area contributed by atoms with Crippen LogP contribution in [0.3, 0.4) is 0 Å². The molecule has 5 rings (SSSR count). The van der Waals surface area contributed by atoms with E-state index >= 15 is 0 Å². The maximum atomic E-state index is 6.29. The molecule has 182 valence electrons. The van der Waals surface area contributed by atoms with Crippen LogP contribution >= 0.6 is 11.6 Å². The Hall–Kier alpha value is -3.76. The lowest BCUT2D eigenvalue weighted by Crippen LogP contribution is -2.49. The first-order chi connectivity index (χ1) is 17.3. The third-order valence-electron chi connectivity index (χ3n) is 7.00. The van der Waals surface area contributed by atoms with Gasteiger partial charge in [-0.15, -0.1) is 0 Å². The number of aryl methyl sites for hydroxylation is 1. The summed E-state index contributed by atoms with van der Waals surface area (Å²) in [5.74, 6) is 0. The Bertz CT molecular complexity index is 1340. The highest BCUT2D eigenvalue weighted by atomic mass is 35.5. The Morgan fingerprint density at radius 1 is 0.694 bits per heavy atom. The van der Waals surface area contributed by atoms with Crippen LogP contribution in [0, 0.1) is 6.92 Å². The van der Waals surface area contributed by atoms with Crippen molar-refractivity contribution in [3.63, 3.8) is 0 Å². The minimum atomic E-state index is -0.632. The summed E-state index contributed by atoms with van der Waals surface area (Å²) >= 11 is 6.29. The average molecular weight is 495 g/mol. The van der Waals surface area contributed by atoms with Crippen molar-refractivity contribution < 1.29 is 0 Å².